The molecule has 0 amide bonds. The fraction of sp³-hybridized carbons (Fsp3) is 0.143. The van der Waals surface area contributed by atoms with E-state index in [1.54, 1.807) is 11.8 Å². The van der Waals surface area contributed by atoms with Crippen LogP contribution < -0.4 is 5.73 Å². The van der Waals surface area contributed by atoms with E-state index in [1.807, 2.05) is 18.2 Å². The van der Waals surface area contributed by atoms with Crippen LogP contribution in [-0.2, 0) is 5.75 Å². The Labute approximate surface area is 113 Å². The topological polar surface area (TPSA) is 26.0 Å². The number of para-hydroxylation sites is 1. The molecule has 0 saturated carbocycles. The van der Waals surface area contributed by atoms with Crippen molar-refractivity contribution < 1.29 is 0 Å². The number of nitrogen functional groups attached to an aromatic ring is 1. The van der Waals surface area contributed by atoms with Crippen molar-refractivity contribution in [3.63, 3.8) is 0 Å². The van der Waals surface area contributed by atoms with Gasteiger partial charge in [0.15, 0.2) is 0 Å². The molecule has 0 atom stereocenters. The van der Waals surface area contributed by atoms with Crippen molar-refractivity contribution in [2.45, 2.75) is 17.6 Å². The maximum Gasteiger partial charge on any atom is 0.0452 e. The maximum absolute atomic E-state index is 5.89. The van der Waals surface area contributed by atoms with Gasteiger partial charge in [-0.15, -0.1) is 24.2 Å². The van der Waals surface area contributed by atoms with Crippen LogP contribution in [0.3, 0.4) is 0 Å². The van der Waals surface area contributed by atoms with E-state index in [2.05, 4.69) is 37.3 Å². The molecule has 0 bridgehead atoms. The number of halogens is 1. The number of hydrogen-bond acceptors (Lipinski definition) is 2. The van der Waals surface area contributed by atoms with Crippen molar-refractivity contribution in [2.24, 2.45) is 0 Å². The molecule has 3 heteroatoms. The van der Waals surface area contributed by atoms with Crippen molar-refractivity contribution in [1.29, 1.82) is 0 Å². The third kappa shape index (κ3) is 3.99. The van der Waals surface area contributed by atoms with Gasteiger partial charge in [0.1, 0.15) is 0 Å². The van der Waals surface area contributed by atoms with Crippen LogP contribution in [-0.4, -0.2) is 0 Å². The lowest BCUT2D eigenvalue weighted by Gasteiger charge is -2.05. The van der Waals surface area contributed by atoms with Gasteiger partial charge in [-0.25, -0.2) is 0 Å². The second-order valence-electron chi connectivity index (χ2n) is 3.81. The zero-order valence-electron chi connectivity index (χ0n) is 9.72. The van der Waals surface area contributed by atoms with Crippen molar-refractivity contribution in [2.75, 3.05) is 5.73 Å². The van der Waals surface area contributed by atoms with Gasteiger partial charge in [-0.2, -0.15) is 0 Å². The Morgan fingerprint density at radius 2 is 1.65 bits per heavy atom. The number of nitrogens with two attached hydrogens (primary N) is 1. The predicted octanol–water partition coefficient (Wildman–Crippen LogP) is 4.29. The second-order valence-corrected chi connectivity index (χ2v) is 4.83. The van der Waals surface area contributed by atoms with Gasteiger partial charge < -0.3 is 5.73 Å². The van der Waals surface area contributed by atoms with Gasteiger partial charge in [0.2, 0.25) is 0 Å². The minimum Gasteiger partial charge on any atom is -0.398 e. The first kappa shape index (κ1) is 13.9. The molecule has 2 rings (SSSR count). The summed E-state index contributed by atoms with van der Waals surface area (Å²) in [5.74, 6) is 0.967. The lowest BCUT2D eigenvalue weighted by Crippen LogP contribution is -1.88. The third-order valence-electron chi connectivity index (χ3n) is 2.43. The van der Waals surface area contributed by atoms with Gasteiger partial charge in [0.25, 0.3) is 0 Å². The molecule has 90 valence electrons. The fourth-order valence-corrected chi connectivity index (χ4v) is 2.38. The highest BCUT2D eigenvalue weighted by Gasteiger charge is 1.99. The van der Waals surface area contributed by atoms with E-state index >= 15 is 0 Å². The molecular weight excluding hydrogens is 250 g/mol. The van der Waals surface area contributed by atoms with Gasteiger partial charge in [-0.3, -0.25) is 0 Å². The van der Waals surface area contributed by atoms with Gasteiger partial charge in [-0.1, -0.05) is 42.0 Å². The molecule has 17 heavy (non-hydrogen) atoms. The molecular formula is C14H16ClNS. The molecule has 0 spiro atoms. The highest BCUT2D eigenvalue weighted by Crippen LogP contribution is 2.27. The Kier molecular flexibility index (Phi) is 5.39. The average Bonchev–Trinajstić information content (AvgIpc) is 2.30. The highest BCUT2D eigenvalue weighted by molar-refractivity contribution is 7.98. The molecule has 0 aromatic heterocycles. The molecule has 1 nitrogen and oxygen atoms in total. The van der Waals surface area contributed by atoms with E-state index < -0.39 is 0 Å². The molecule has 2 N–H and O–H groups in total. The van der Waals surface area contributed by atoms with E-state index in [4.69, 9.17) is 5.73 Å². The Bertz CT molecular complexity index is 468. The van der Waals surface area contributed by atoms with Crippen molar-refractivity contribution in [1.82, 2.24) is 0 Å². The minimum atomic E-state index is 0. The van der Waals surface area contributed by atoms with Gasteiger partial charge in [0, 0.05) is 16.3 Å². The number of thioether (sulfide) groups is 1. The van der Waals surface area contributed by atoms with Crippen LogP contribution in [0.4, 0.5) is 5.69 Å². The number of benzene rings is 2. The van der Waals surface area contributed by atoms with Gasteiger partial charge in [-0.05, 0) is 24.6 Å². The predicted molar refractivity (Wildman–Crippen MR) is 78.8 cm³/mol. The Hall–Kier alpha value is -1.12. The first-order valence-corrected chi connectivity index (χ1v) is 6.27. The zero-order valence-corrected chi connectivity index (χ0v) is 11.4. The Morgan fingerprint density at radius 1 is 1.00 bits per heavy atom. The summed E-state index contributed by atoms with van der Waals surface area (Å²) >= 11 is 1.78. The SMILES string of the molecule is Cc1ccc(CSc2ccccc2N)cc1.Cl. The molecule has 0 radical (unpaired) electrons. The third-order valence-corrected chi connectivity index (χ3v) is 3.59. The first-order chi connectivity index (χ1) is 7.75. The van der Waals surface area contributed by atoms with Crippen molar-refractivity contribution in [3.8, 4) is 0 Å². The van der Waals surface area contributed by atoms with Crippen LogP contribution >= 0.6 is 24.2 Å². The molecule has 2 aromatic rings. The molecule has 0 aliphatic heterocycles. The highest BCUT2D eigenvalue weighted by atomic mass is 35.5. The standard InChI is InChI=1S/C14H15NS.ClH/c1-11-6-8-12(9-7-11)10-16-14-5-3-2-4-13(14)15;/h2-9H,10,15H2,1H3;1H. The number of hydrogen-bond donors (Lipinski definition) is 1. The van der Waals surface area contributed by atoms with E-state index in [1.165, 1.54) is 11.1 Å². The lowest BCUT2D eigenvalue weighted by molar-refractivity contribution is 1.35. The monoisotopic (exact) mass is 265 g/mol. The number of aryl methyl sites for hydroxylation is 1. The van der Waals surface area contributed by atoms with Crippen LogP contribution in [0.5, 0.6) is 0 Å². The van der Waals surface area contributed by atoms with Crippen LogP contribution in [0.15, 0.2) is 53.4 Å². The first-order valence-electron chi connectivity index (χ1n) is 5.28. The fourth-order valence-electron chi connectivity index (χ4n) is 1.46. The largest absolute Gasteiger partial charge is 0.398 e. The second kappa shape index (κ2) is 6.58. The quantitative estimate of drug-likeness (QED) is 0.662. The maximum atomic E-state index is 5.89. The average molecular weight is 266 g/mol. The summed E-state index contributed by atoms with van der Waals surface area (Å²) in [6, 6.07) is 16.6. The molecule has 0 heterocycles. The van der Waals surface area contributed by atoms with Crippen LogP contribution in [0.2, 0.25) is 0 Å². The lowest BCUT2D eigenvalue weighted by atomic mass is 10.2. The molecule has 0 fully saturated rings. The Balaban J connectivity index is 0.00000144. The van der Waals surface area contributed by atoms with Crippen LogP contribution in [0, 0.1) is 6.92 Å². The summed E-state index contributed by atoms with van der Waals surface area (Å²) in [5.41, 5.74) is 9.38. The smallest absolute Gasteiger partial charge is 0.0452 e. The van der Waals surface area contributed by atoms with E-state index in [0.29, 0.717) is 0 Å². The van der Waals surface area contributed by atoms with E-state index in [-0.39, 0.29) is 12.4 Å². The molecule has 0 unspecified atom stereocenters. The van der Waals surface area contributed by atoms with Crippen LogP contribution in [0.1, 0.15) is 11.1 Å². The molecule has 2 aromatic carbocycles. The molecule has 0 aliphatic carbocycles. The molecule has 0 aliphatic rings. The Morgan fingerprint density at radius 3 is 2.29 bits per heavy atom. The number of anilines is 1. The summed E-state index contributed by atoms with van der Waals surface area (Å²) in [4.78, 5) is 1.16. The zero-order chi connectivity index (χ0) is 11.4. The van der Waals surface area contributed by atoms with Gasteiger partial charge in [0.05, 0.1) is 0 Å². The van der Waals surface area contributed by atoms with Crippen molar-refractivity contribution >= 4 is 29.9 Å². The summed E-state index contributed by atoms with van der Waals surface area (Å²) in [6.45, 7) is 2.10. The summed E-state index contributed by atoms with van der Waals surface area (Å²) in [6.07, 6.45) is 0. The molecule has 0 saturated heterocycles. The normalized spacial score (nSPS) is 9.71. The van der Waals surface area contributed by atoms with Gasteiger partial charge >= 0.3 is 0 Å². The van der Waals surface area contributed by atoms with E-state index in [9.17, 15) is 0 Å². The summed E-state index contributed by atoms with van der Waals surface area (Å²) in [5, 5.41) is 0. The number of rotatable bonds is 3. The van der Waals surface area contributed by atoms with Crippen LogP contribution in [0.25, 0.3) is 0 Å². The summed E-state index contributed by atoms with van der Waals surface area (Å²) < 4.78 is 0. The minimum absolute atomic E-state index is 0. The summed E-state index contributed by atoms with van der Waals surface area (Å²) in [7, 11) is 0. The van der Waals surface area contributed by atoms with E-state index in [0.717, 1.165) is 16.3 Å². The van der Waals surface area contributed by atoms with Crippen molar-refractivity contribution in [3.05, 3.63) is 59.7 Å².